The molecular weight excluding hydrogens is 304 g/mol. The van der Waals surface area contributed by atoms with E-state index in [1.807, 2.05) is 6.20 Å². The molecule has 3 heterocycles. The summed E-state index contributed by atoms with van der Waals surface area (Å²) in [5.74, 6) is 0.152. The number of carboxylic acid groups (broad SMARTS) is 1. The lowest BCUT2D eigenvalue weighted by molar-refractivity contribution is 0.0697. The minimum atomic E-state index is -0.943. The van der Waals surface area contributed by atoms with Gasteiger partial charge in [0.05, 0.1) is 22.3 Å². The molecule has 1 unspecified atom stereocenters. The summed E-state index contributed by atoms with van der Waals surface area (Å²) in [7, 11) is 0. The molecule has 0 radical (unpaired) electrons. The number of carboxylic acids is 1. The van der Waals surface area contributed by atoms with Crippen LogP contribution in [0.3, 0.4) is 0 Å². The number of carbonyl (C=O) groups is 1. The second-order valence-corrected chi connectivity index (χ2v) is 6.50. The summed E-state index contributed by atoms with van der Waals surface area (Å²) >= 11 is 0. The Hall–Kier alpha value is -2.63. The van der Waals surface area contributed by atoms with Gasteiger partial charge in [-0.05, 0) is 44.2 Å². The minimum Gasteiger partial charge on any atom is -0.478 e. The molecule has 2 atom stereocenters. The topological polar surface area (TPSA) is 78.4 Å². The highest BCUT2D eigenvalue weighted by atomic mass is 16.4. The molecule has 0 amide bonds. The third-order valence-corrected chi connectivity index (χ3v) is 4.88. The van der Waals surface area contributed by atoms with Crippen molar-refractivity contribution in [3.8, 4) is 0 Å². The number of aromatic carboxylic acids is 1. The van der Waals surface area contributed by atoms with Crippen LogP contribution in [0.4, 0.5) is 5.82 Å². The lowest BCUT2D eigenvalue weighted by Crippen LogP contribution is -2.29. The van der Waals surface area contributed by atoms with Gasteiger partial charge in [0.2, 0.25) is 0 Å². The van der Waals surface area contributed by atoms with Crippen LogP contribution in [0.15, 0.2) is 30.5 Å². The van der Waals surface area contributed by atoms with Crippen LogP contribution in [-0.2, 0) is 0 Å². The summed E-state index contributed by atoms with van der Waals surface area (Å²) in [6, 6.07) is 5.38. The van der Waals surface area contributed by atoms with Crippen LogP contribution >= 0.6 is 0 Å². The molecule has 1 saturated heterocycles. The molecule has 124 valence electrons. The number of nitrogens with one attached hydrogen (secondary N) is 1. The molecule has 4 rings (SSSR count). The van der Waals surface area contributed by atoms with E-state index in [0.29, 0.717) is 11.6 Å². The van der Waals surface area contributed by atoms with E-state index in [1.54, 1.807) is 18.2 Å². The van der Waals surface area contributed by atoms with Crippen molar-refractivity contribution >= 4 is 22.8 Å². The fourth-order valence-corrected chi connectivity index (χ4v) is 3.53. The quantitative estimate of drug-likeness (QED) is 0.903. The predicted molar refractivity (Wildman–Crippen MR) is 92.4 cm³/mol. The van der Waals surface area contributed by atoms with Crippen molar-refractivity contribution in [1.29, 1.82) is 0 Å². The number of aromatic nitrogens is 2. The monoisotopic (exact) mass is 324 g/mol. The average Bonchev–Trinajstić information content (AvgIpc) is 3.24. The molecule has 1 fully saturated rings. The molecule has 0 spiro atoms. The van der Waals surface area contributed by atoms with Gasteiger partial charge in [0, 0.05) is 25.0 Å². The number of rotatable bonds is 3. The van der Waals surface area contributed by atoms with Crippen LogP contribution in [-0.4, -0.2) is 40.2 Å². The zero-order valence-corrected chi connectivity index (χ0v) is 13.6. The van der Waals surface area contributed by atoms with E-state index in [9.17, 15) is 9.90 Å². The van der Waals surface area contributed by atoms with Crippen molar-refractivity contribution in [2.24, 2.45) is 0 Å². The van der Waals surface area contributed by atoms with Gasteiger partial charge >= 0.3 is 5.97 Å². The molecular formula is C18H20N4O2. The highest BCUT2D eigenvalue weighted by molar-refractivity contribution is 5.92. The predicted octanol–water partition coefficient (Wildman–Crippen LogP) is 2.52. The number of fused-ring (bicyclic) bond motifs is 1. The van der Waals surface area contributed by atoms with E-state index in [-0.39, 0.29) is 11.5 Å². The van der Waals surface area contributed by atoms with Gasteiger partial charge in [-0.15, -0.1) is 0 Å². The molecule has 2 N–H and O–H groups in total. The highest BCUT2D eigenvalue weighted by Gasteiger charge is 2.28. The first kappa shape index (κ1) is 14.9. The van der Waals surface area contributed by atoms with Gasteiger partial charge in [0.1, 0.15) is 0 Å². The Bertz CT molecular complexity index is 833. The lowest BCUT2D eigenvalue weighted by Gasteiger charge is -2.26. The molecule has 0 saturated carbocycles. The van der Waals surface area contributed by atoms with Gasteiger partial charge < -0.3 is 15.3 Å². The third-order valence-electron chi connectivity index (χ3n) is 4.88. The van der Waals surface area contributed by atoms with Crippen molar-refractivity contribution in [3.63, 3.8) is 0 Å². The van der Waals surface area contributed by atoms with E-state index in [0.717, 1.165) is 43.0 Å². The van der Waals surface area contributed by atoms with Crippen LogP contribution in [0, 0.1) is 0 Å². The first-order chi connectivity index (χ1) is 11.6. The van der Waals surface area contributed by atoms with Crippen molar-refractivity contribution in [2.75, 3.05) is 18.0 Å². The zero-order chi connectivity index (χ0) is 16.7. The van der Waals surface area contributed by atoms with E-state index in [2.05, 4.69) is 23.2 Å². The second-order valence-electron chi connectivity index (χ2n) is 6.50. The zero-order valence-electron chi connectivity index (χ0n) is 13.6. The van der Waals surface area contributed by atoms with Crippen LogP contribution in [0.25, 0.3) is 11.0 Å². The smallest absolute Gasteiger partial charge is 0.335 e. The largest absolute Gasteiger partial charge is 0.478 e. The Balaban J connectivity index is 1.89. The Kier molecular flexibility index (Phi) is 3.59. The molecule has 0 aliphatic carbocycles. The van der Waals surface area contributed by atoms with Gasteiger partial charge in [-0.3, -0.25) is 0 Å². The van der Waals surface area contributed by atoms with E-state index >= 15 is 0 Å². The van der Waals surface area contributed by atoms with Gasteiger partial charge in [-0.25, -0.2) is 14.8 Å². The van der Waals surface area contributed by atoms with Crippen LogP contribution < -0.4 is 10.2 Å². The van der Waals surface area contributed by atoms with Crippen LogP contribution in [0.2, 0.25) is 0 Å². The standard InChI is InChI=1S/C18H20N4O2/c1-11-3-2-8-22(11)17-16(13-6-7-19-10-13)20-14-5-4-12(18(23)24)9-15(14)21-17/h4-7,9,11,13,19H,2-3,8,10H2,1H3,(H,23,24)/t11-,13?/m0/s1. The van der Waals surface area contributed by atoms with Crippen molar-refractivity contribution in [3.05, 3.63) is 41.7 Å². The summed E-state index contributed by atoms with van der Waals surface area (Å²) in [6.45, 7) is 4.00. The average molecular weight is 324 g/mol. The number of nitrogens with zero attached hydrogens (tertiary/aromatic N) is 3. The normalized spacial score (nSPS) is 23.0. The van der Waals surface area contributed by atoms with Crippen molar-refractivity contribution in [1.82, 2.24) is 15.3 Å². The molecule has 1 aromatic carbocycles. The molecule has 2 aromatic rings. The number of anilines is 1. The Morgan fingerprint density at radius 2 is 2.21 bits per heavy atom. The first-order valence-electron chi connectivity index (χ1n) is 8.35. The summed E-state index contributed by atoms with van der Waals surface area (Å²) in [4.78, 5) is 23.2. The van der Waals surface area contributed by atoms with Gasteiger partial charge in [0.25, 0.3) is 0 Å². The van der Waals surface area contributed by atoms with Gasteiger partial charge in [-0.1, -0.05) is 6.08 Å². The van der Waals surface area contributed by atoms with Crippen molar-refractivity contribution < 1.29 is 9.90 Å². The number of benzene rings is 1. The third kappa shape index (κ3) is 2.48. The summed E-state index contributed by atoms with van der Waals surface area (Å²) in [6.07, 6.45) is 6.37. The van der Waals surface area contributed by atoms with Crippen LogP contribution in [0.1, 0.15) is 41.7 Å². The van der Waals surface area contributed by atoms with E-state index in [4.69, 9.17) is 9.97 Å². The van der Waals surface area contributed by atoms with Gasteiger partial charge in [-0.2, -0.15) is 0 Å². The van der Waals surface area contributed by atoms with Gasteiger partial charge in [0.15, 0.2) is 5.82 Å². The molecule has 2 aliphatic rings. The first-order valence-corrected chi connectivity index (χ1v) is 8.35. The molecule has 2 aliphatic heterocycles. The Morgan fingerprint density at radius 3 is 2.88 bits per heavy atom. The second kappa shape index (κ2) is 5.78. The summed E-state index contributed by atoms with van der Waals surface area (Å²) < 4.78 is 0. The molecule has 1 aromatic heterocycles. The molecule has 0 bridgehead atoms. The number of hydrogen-bond donors (Lipinski definition) is 2. The van der Waals surface area contributed by atoms with Crippen molar-refractivity contribution in [2.45, 2.75) is 31.7 Å². The molecule has 24 heavy (non-hydrogen) atoms. The Labute approximate surface area is 140 Å². The summed E-state index contributed by atoms with van der Waals surface area (Å²) in [5.41, 5.74) is 2.60. The fraction of sp³-hybridized carbons (Fsp3) is 0.389. The summed E-state index contributed by atoms with van der Waals surface area (Å²) in [5, 5.41) is 12.4. The highest BCUT2D eigenvalue weighted by Crippen LogP contribution is 2.33. The SMILES string of the molecule is C[C@H]1CCCN1c1nc2cc(C(=O)O)ccc2nc1C1C=CNC1. The van der Waals surface area contributed by atoms with Crippen LogP contribution in [0.5, 0.6) is 0 Å². The Morgan fingerprint density at radius 1 is 1.33 bits per heavy atom. The maximum atomic E-state index is 11.2. The van der Waals surface area contributed by atoms with E-state index in [1.165, 1.54) is 0 Å². The minimum absolute atomic E-state index is 0.198. The fourth-order valence-electron chi connectivity index (χ4n) is 3.53. The maximum Gasteiger partial charge on any atom is 0.335 e. The molecule has 6 heteroatoms. The lowest BCUT2D eigenvalue weighted by atomic mass is 10.1. The van der Waals surface area contributed by atoms with E-state index < -0.39 is 5.97 Å². The maximum absolute atomic E-state index is 11.2. The molecule has 6 nitrogen and oxygen atoms in total. The number of hydrogen-bond acceptors (Lipinski definition) is 5.